The van der Waals surface area contributed by atoms with Gasteiger partial charge < -0.3 is 14.8 Å². The van der Waals surface area contributed by atoms with Crippen LogP contribution in [-0.2, 0) is 22.1 Å². The van der Waals surface area contributed by atoms with Crippen LogP contribution in [0.25, 0.3) is 11.1 Å². The maximum Gasteiger partial charge on any atom is 0.280 e. The summed E-state index contributed by atoms with van der Waals surface area (Å²) in [6, 6.07) is 4.51. The third kappa shape index (κ3) is 3.27. The fourth-order valence-corrected chi connectivity index (χ4v) is 3.53. The molecule has 2 aliphatic heterocycles. The lowest BCUT2D eigenvalue weighted by atomic mass is 9.91. The van der Waals surface area contributed by atoms with Gasteiger partial charge >= 0.3 is 0 Å². The van der Waals surface area contributed by atoms with Crippen LogP contribution in [0.2, 0.25) is 0 Å². The zero-order valence-corrected chi connectivity index (χ0v) is 14.9. The highest BCUT2D eigenvalue weighted by atomic mass is 19.3. The monoisotopic (exact) mass is 374 g/mol. The van der Waals surface area contributed by atoms with Crippen molar-refractivity contribution in [1.82, 2.24) is 10.3 Å². The molecule has 27 heavy (non-hydrogen) atoms. The summed E-state index contributed by atoms with van der Waals surface area (Å²) in [7, 11) is 0. The number of ether oxygens (including phenoxy) is 2. The van der Waals surface area contributed by atoms with Crippen molar-refractivity contribution in [2.45, 2.75) is 38.3 Å². The van der Waals surface area contributed by atoms with Gasteiger partial charge in [0.15, 0.2) is 0 Å². The average Bonchev–Trinajstić information content (AvgIpc) is 2.67. The van der Waals surface area contributed by atoms with Gasteiger partial charge in [-0.3, -0.25) is 9.78 Å². The number of benzene rings is 1. The number of amides is 1. The smallest absolute Gasteiger partial charge is 0.280 e. The molecule has 142 valence electrons. The van der Waals surface area contributed by atoms with Gasteiger partial charge in [-0.15, -0.1) is 0 Å². The Morgan fingerprint density at radius 3 is 3.04 bits per heavy atom. The highest BCUT2D eigenvalue weighted by Crippen LogP contribution is 2.43. The van der Waals surface area contributed by atoms with Crippen LogP contribution < -0.4 is 10.1 Å². The molecule has 1 aromatic heterocycles. The molecular weight excluding hydrogens is 354 g/mol. The number of carbonyl (C=O) groups is 1. The second kappa shape index (κ2) is 6.88. The largest absolute Gasteiger partial charge is 0.493 e. The number of fused-ring (bicyclic) bond motifs is 2. The van der Waals surface area contributed by atoms with E-state index in [1.54, 1.807) is 31.5 Å². The Kier molecular flexibility index (Phi) is 4.55. The second-order valence-electron chi connectivity index (χ2n) is 6.76. The van der Waals surface area contributed by atoms with Gasteiger partial charge in [0.2, 0.25) is 5.91 Å². The lowest BCUT2D eigenvalue weighted by Crippen LogP contribution is -2.34. The van der Waals surface area contributed by atoms with Gasteiger partial charge in [-0.2, -0.15) is 0 Å². The number of hydrogen-bond donors (Lipinski definition) is 1. The summed E-state index contributed by atoms with van der Waals surface area (Å²) in [6.07, 6.45) is 3.40. The Morgan fingerprint density at radius 2 is 2.22 bits per heavy atom. The normalized spacial score (nSPS) is 20.2. The second-order valence-corrected chi connectivity index (χ2v) is 6.76. The van der Waals surface area contributed by atoms with Crippen molar-refractivity contribution in [2.75, 3.05) is 13.2 Å². The van der Waals surface area contributed by atoms with E-state index < -0.39 is 5.92 Å². The molecule has 0 fully saturated rings. The van der Waals surface area contributed by atoms with E-state index in [0.29, 0.717) is 25.2 Å². The van der Waals surface area contributed by atoms with Crippen LogP contribution >= 0.6 is 0 Å². The Bertz CT molecular complexity index is 886. The van der Waals surface area contributed by atoms with E-state index in [0.717, 1.165) is 16.7 Å². The predicted octanol–water partition coefficient (Wildman–Crippen LogP) is 3.72. The summed E-state index contributed by atoms with van der Waals surface area (Å²) >= 11 is 0. The predicted molar refractivity (Wildman–Crippen MR) is 94.5 cm³/mol. The van der Waals surface area contributed by atoms with Gasteiger partial charge in [0, 0.05) is 29.9 Å². The van der Waals surface area contributed by atoms with Crippen LogP contribution in [-0.4, -0.2) is 24.1 Å². The van der Waals surface area contributed by atoms with Gasteiger partial charge in [-0.1, -0.05) is 13.0 Å². The number of rotatable bonds is 3. The van der Waals surface area contributed by atoms with E-state index in [1.807, 2.05) is 0 Å². The molecule has 5 nitrogen and oxygen atoms in total. The molecule has 0 radical (unpaired) electrons. The summed E-state index contributed by atoms with van der Waals surface area (Å²) in [5.41, 5.74) is 2.98. The molecule has 2 aromatic rings. The Hall–Kier alpha value is -2.54. The molecule has 1 amide bonds. The first kappa shape index (κ1) is 17.9. The number of carbonyl (C=O) groups excluding carboxylic acids is 1. The van der Waals surface area contributed by atoms with Crippen molar-refractivity contribution in [3.05, 3.63) is 47.3 Å². The number of alkyl halides is 2. The first-order chi connectivity index (χ1) is 13.0. The highest BCUT2D eigenvalue weighted by molar-refractivity contribution is 5.76. The number of nitrogens with zero attached hydrogens (tertiary/aromatic N) is 1. The standard InChI is InChI=1S/C20H20F2N2O3/c1-2-19(25)24-17-11-26-10-15-13(8-23-9-14(15)17)12-3-4-18-16(7-12)20(21,22)5-6-27-18/h3-4,7-9,17H,2,5-6,10-11H2,1H3,(H,24,25). The zero-order valence-electron chi connectivity index (χ0n) is 14.9. The van der Waals surface area contributed by atoms with E-state index in [-0.39, 0.29) is 36.3 Å². The van der Waals surface area contributed by atoms with Gasteiger partial charge in [-0.25, -0.2) is 8.78 Å². The average molecular weight is 374 g/mol. The van der Waals surface area contributed by atoms with Gasteiger partial charge in [0.25, 0.3) is 5.92 Å². The lowest BCUT2D eigenvalue weighted by Gasteiger charge is -2.29. The van der Waals surface area contributed by atoms with Crippen LogP contribution in [0.3, 0.4) is 0 Å². The minimum absolute atomic E-state index is 0.00822. The third-order valence-electron chi connectivity index (χ3n) is 5.01. The fraction of sp³-hybridized carbons (Fsp3) is 0.400. The number of aromatic nitrogens is 1. The van der Waals surface area contributed by atoms with Crippen molar-refractivity contribution in [3.63, 3.8) is 0 Å². The minimum Gasteiger partial charge on any atom is -0.493 e. The molecule has 0 saturated carbocycles. The van der Waals surface area contributed by atoms with Gasteiger partial charge in [0.05, 0.1) is 37.8 Å². The van der Waals surface area contributed by atoms with Crippen LogP contribution in [0.1, 0.15) is 42.5 Å². The molecule has 1 N–H and O–H groups in total. The molecule has 7 heteroatoms. The minimum atomic E-state index is -2.92. The first-order valence-corrected chi connectivity index (χ1v) is 8.99. The molecule has 1 atom stereocenters. The van der Waals surface area contributed by atoms with E-state index >= 15 is 0 Å². The number of pyridine rings is 1. The molecule has 1 aromatic carbocycles. The molecule has 1 unspecified atom stereocenters. The maximum atomic E-state index is 14.3. The van der Waals surface area contributed by atoms with E-state index in [2.05, 4.69) is 10.3 Å². The first-order valence-electron chi connectivity index (χ1n) is 8.99. The Labute approximate surface area is 155 Å². The molecule has 2 aliphatic rings. The molecular formula is C20H20F2N2O3. The molecule has 0 spiro atoms. The number of halogens is 2. The fourth-order valence-electron chi connectivity index (χ4n) is 3.53. The summed E-state index contributed by atoms with van der Waals surface area (Å²) in [4.78, 5) is 16.1. The van der Waals surface area contributed by atoms with E-state index in [9.17, 15) is 13.6 Å². The Morgan fingerprint density at radius 1 is 1.37 bits per heavy atom. The Balaban J connectivity index is 1.76. The maximum absolute atomic E-state index is 14.3. The quantitative estimate of drug-likeness (QED) is 0.890. The van der Waals surface area contributed by atoms with Crippen LogP contribution in [0.5, 0.6) is 5.75 Å². The third-order valence-corrected chi connectivity index (χ3v) is 5.01. The SMILES string of the molecule is CCC(=O)NC1COCc2c(-c3ccc4c(c3)C(F)(F)CCO4)cncc21. The zero-order chi connectivity index (χ0) is 19.0. The van der Waals surface area contributed by atoms with Gasteiger partial charge in [0.1, 0.15) is 5.75 Å². The van der Waals surface area contributed by atoms with Crippen molar-refractivity contribution >= 4 is 5.91 Å². The highest BCUT2D eigenvalue weighted by Gasteiger charge is 2.38. The van der Waals surface area contributed by atoms with Crippen LogP contribution in [0.15, 0.2) is 30.6 Å². The summed E-state index contributed by atoms with van der Waals surface area (Å²) < 4.78 is 39.6. The molecule has 3 heterocycles. The summed E-state index contributed by atoms with van der Waals surface area (Å²) in [5.74, 6) is -2.77. The van der Waals surface area contributed by atoms with Crippen molar-refractivity contribution < 1.29 is 23.0 Å². The summed E-state index contributed by atoms with van der Waals surface area (Å²) in [5, 5.41) is 2.92. The molecule has 0 aliphatic carbocycles. The van der Waals surface area contributed by atoms with E-state index in [1.165, 1.54) is 6.07 Å². The van der Waals surface area contributed by atoms with E-state index in [4.69, 9.17) is 9.47 Å². The molecule has 4 rings (SSSR count). The molecule has 0 saturated heterocycles. The van der Waals surface area contributed by atoms with Crippen LogP contribution in [0, 0.1) is 0 Å². The number of nitrogens with one attached hydrogen (secondary N) is 1. The van der Waals surface area contributed by atoms with Crippen molar-refractivity contribution in [3.8, 4) is 16.9 Å². The number of hydrogen-bond acceptors (Lipinski definition) is 4. The van der Waals surface area contributed by atoms with Crippen molar-refractivity contribution in [2.24, 2.45) is 0 Å². The van der Waals surface area contributed by atoms with Crippen LogP contribution in [0.4, 0.5) is 8.78 Å². The van der Waals surface area contributed by atoms with Gasteiger partial charge in [-0.05, 0) is 23.3 Å². The topological polar surface area (TPSA) is 60.5 Å². The lowest BCUT2D eigenvalue weighted by molar-refractivity contribution is -0.122. The van der Waals surface area contributed by atoms with Crippen molar-refractivity contribution in [1.29, 1.82) is 0 Å². The molecule has 0 bridgehead atoms. The summed E-state index contributed by atoms with van der Waals surface area (Å²) in [6.45, 7) is 2.49.